The molecule has 0 unspecified atom stereocenters. The van der Waals surface area contributed by atoms with Crippen LogP contribution in [0.5, 0.6) is 5.75 Å². The maximum Gasteiger partial charge on any atom is 0.200 e. The molecule has 0 aromatic heterocycles. The summed E-state index contributed by atoms with van der Waals surface area (Å²) in [6.45, 7) is 0.914. The van der Waals surface area contributed by atoms with Gasteiger partial charge < -0.3 is 9.47 Å². The van der Waals surface area contributed by atoms with Crippen LogP contribution in [0.1, 0.15) is 0 Å². The van der Waals surface area contributed by atoms with Gasteiger partial charge in [-0.2, -0.15) is 4.39 Å². The fourth-order valence-corrected chi connectivity index (χ4v) is 0.942. The van der Waals surface area contributed by atoms with Crippen molar-refractivity contribution < 1.29 is 18.3 Å². The summed E-state index contributed by atoms with van der Waals surface area (Å²) >= 11 is 0. The molecule has 0 N–H and O–H groups in total. The molecule has 13 heavy (non-hydrogen) atoms. The molecule has 1 aliphatic heterocycles. The van der Waals surface area contributed by atoms with Crippen LogP contribution in [0.2, 0.25) is 0 Å². The minimum atomic E-state index is -0.942. The molecule has 2 nitrogen and oxygen atoms in total. The first-order valence-electron chi connectivity index (χ1n) is 3.96. The lowest BCUT2D eigenvalue weighted by atomic mass is 10.3. The van der Waals surface area contributed by atoms with E-state index in [0.29, 0.717) is 6.61 Å². The molecule has 2 rings (SSSR count). The van der Waals surface area contributed by atoms with Crippen LogP contribution >= 0.6 is 0 Å². The molecule has 0 aliphatic carbocycles. The third-order valence-corrected chi connectivity index (χ3v) is 1.74. The SMILES string of the molecule is Fc1cccc(OC[C@@H]2CO2)c1F. The van der Waals surface area contributed by atoms with Gasteiger partial charge in [0.25, 0.3) is 0 Å². The predicted octanol–water partition coefficient (Wildman–Crippen LogP) is 1.74. The highest BCUT2D eigenvalue weighted by Crippen LogP contribution is 2.20. The summed E-state index contributed by atoms with van der Waals surface area (Å²) in [5.41, 5.74) is 0. The van der Waals surface area contributed by atoms with Gasteiger partial charge in [0.05, 0.1) is 6.61 Å². The third kappa shape index (κ3) is 1.95. The van der Waals surface area contributed by atoms with Gasteiger partial charge in [-0.1, -0.05) is 6.07 Å². The number of hydrogen-bond donors (Lipinski definition) is 0. The lowest BCUT2D eigenvalue weighted by molar-refractivity contribution is 0.251. The maximum atomic E-state index is 12.9. The molecule has 0 amide bonds. The first-order chi connectivity index (χ1) is 6.27. The monoisotopic (exact) mass is 186 g/mol. The molecule has 1 saturated heterocycles. The summed E-state index contributed by atoms with van der Waals surface area (Å²) in [7, 11) is 0. The molecule has 4 heteroatoms. The van der Waals surface area contributed by atoms with Gasteiger partial charge in [0.15, 0.2) is 11.6 Å². The Morgan fingerprint density at radius 1 is 1.46 bits per heavy atom. The van der Waals surface area contributed by atoms with E-state index in [4.69, 9.17) is 9.47 Å². The molecule has 1 heterocycles. The number of epoxide rings is 1. The topological polar surface area (TPSA) is 21.8 Å². The molecule has 0 spiro atoms. The average molecular weight is 186 g/mol. The Balaban J connectivity index is 2.05. The van der Waals surface area contributed by atoms with Crippen molar-refractivity contribution in [2.45, 2.75) is 6.10 Å². The van der Waals surface area contributed by atoms with Crippen LogP contribution in [0.25, 0.3) is 0 Å². The van der Waals surface area contributed by atoms with E-state index in [1.165, 1.54) is 12.1 Å². The molecule has 70 valence electrons. The highest BCUT2D eigenvalue weighted by molar-refractivity contribution is 5.25. The molecular weight excluding hydrogens is 178 g/mol. The molecule has 1 atom stereocenters. The van der Waals surface area contributed by atoms with Crippen molar-refractivity contribution in [1.82, 2.24) is 0 Å². The third-order valence-electron chi connectivity index (χ3n) is 1.74. The van der Waals surface area contributed by atoms with E-state index in [1.54, 1.807) is 0 Å². The van der Waals surface area contributed by atoms with Crippen LogP contribution in [0, 0.1) is 11.6 Å². The van der Waals surface area contributed by atoms with Gasteiger partial charge in [-0.05, 0) is 12.1 Å². The van der Waals surface area contributed by atoms with Gasteiger partial charge in [-0.25, -0.2) is 4.39 Å². The Hall–Kier alpha value is -1.16. The quantitative estimate of drug-likeness (QED) is 0.670. The normalized spacial score (nSPS) is 20.0. The zero-order chi connectivity index (χ0) is 9.26. The zero-order valence-electron chi connectivity index (χ0n) is 6.80. The fraction of sp³-hybridized carbons (Fsp3) is 0.333. The van der Waals surface area contributed by atoms with Crippen LogP contribution < -0.4 is 4.74 Å². The molecule has 1 aliphatic rings. The fourth-order valence-electron chi connectivity index (χ4n) is 0.942. The molecule has 0 saturated carbocycles. The van der Waals surface area contributed by atoms with E-state index in [2.05, 4.69) is 0 Å². The standard InChI is InChI=1S/C9H8F2O2/c10-7-2-1-3-8(9(7)11)13-5-6-4-12-6/h1-3,6H,4-5H2/t6-/m0/s1. The predicted molar refractivity (Wildman–Crippen MR) is 41.6 cm³/mol. The van der Waals surface area contributed by atoms with Crippen molar-refractivity contribution >= 4 is 0 Å². The summed E-state index contributed by atoms with van der Waals surface area (Å²) in [6, 6.07) is 3.85. The van der Waals surface area contributed by atoms with Crippen molar-refractivity contribution in [3.8, 4) is 5.75 Å². The second-order valence-electron chi connectivity index (χ2n) is 2.82. The first-order valence-corrected chi connectivity index (χ1v) is 3.96. The highest BCUT2D eigenvalue weighted by atomic mass is 19.2. The lowest BCUT2D eigenvalue weighted by Crippen LogP contribution is -2.05. The van der Waals surface area contributed by atoms with E-state index < -0.39 is 11.6 Å². The number of rotatable bonds is 3. The van der Waals surface area contributed by atoms with Gasteiger partial charge in [-0.15, -0.1) is 0 Å². The molecule has 1 fully saturated rings. The van der Waals surface area contributed by atoms with Crippen molar-refractivity contribution in [1.29, 1.82) is 0 Å². The zero-order valence-corrected chi connectivity index (χ0v) is 6.80. The van der Waals surface area contributed by atoms with Crippen molar-refractivity contribution in [3.05, 3.63) is 29.8 Å². The van der Waals surface area contributed by atoms with Gasteiger partial charge in [0, 0.05) is 0 Å². The van der Waals surface area contributed by atoms with Crippen LogP contribution in [-0.2, 0) is 4.74 Å². The van der Waals surface area contributed by atoms with Crippen LogP contribution in [0.3, 0.4) is 0 Å². The Kier molecular flexibility index (Phi) is 2.14. The van der Waals surface area contributed by atoms with Gasteiger partial charge in [0.1, 0.15) is 12.7 Å². The highest BCUT2D eigenvalue weighted by Gasteiger charge is 2.23. The summed E-state index contributed by atoms with van der Waals surface area (Å²) in [4.78, 5) is 0. The van der Waals surface area contributed by atoms with Gasteiger partial charge in [-0.3, -0.25) is 0 Å². The number of benzene rings is 1. The second kappa shape index (κ2) is 3.30. The van der Waals surface area contributed by atoms with Crippen LogP contribution in [0.4, 0.5) is 8.78 Å². The Bertz CT molecular complexity index is 310. The lowest BCUT2D eigenvalue weighted by Gasteiger charge is -2.04. The van der Waals surface area contributed by atoms with Gasteiger partial charge in [0.2, 0.25) is 5.82 Å². The van der Waals surface area contributed by atoms with Crippen molar-refractivity contribution in [3.63, 3.8) is 0 Å². The Morgan fingerprint density at radius 3 is 2.92 bits per heavy atom. The molecule has 1 aromatic carbocycles. The van der Waals surface area contributed by atoms with E-state index in [0.717, 1.165) is 6.07 Å². The van der Waals surface area contributed by atoms with Gasteiger partial charge >= 0.3 is 0 Å². The van der Waals surface area contributed by atoms with E-state index in [9.17, 15) is 8.78 Å². The number of hydrogen-bond acceptors (Lipinski definition) is 2. The van der Waals surface area contributed by atoms with E-state index in [1.807, 2.05) is 0 Å². The maximum absolute atomic E-state index is 12.9. The van der Waals surface area contributed by atoms with Crippen LogP contribution in [-0.4, -0.2) is 19.3 Å². The number of halogens is 2. The second-order valence-corrected chi connectivity index (χ2v) is 2.82. The largest absolute Gasteiger partial charge is 0.488 e. The first kappa shape index (κ1) is 8.44. The Labute approximate surface area is 74.1 Å². The van der Waals surface area contributed by atoms with E-state index >= 15 is 0 Å². The van der Waals surface area contributed by atoms with Crippen molar-refractivity contribution in [2.75, 3.05) is 13.2 Å². The minimum Gasteiger partial charge on any atom is -0.488 e. The summed E-state index contributed by atoms with van der Waals surface area (Å²) < 4.78 is 35.4. The summed E-state index contributed by atoms with van der Waals surface area (Å²) in [5, 5.41) is 0. The number of ether oxygens (including phenoxy) is 2. The molecule has 0 radical (unpaired) electrons. The smallest absolute Gasteiger partial charge is 0.200 e. The van der Waals surface area contributed by atoms with E-state index in [-0.39, 0.29) is 18.5 Å². The summed E-state index contributed by atoms with van der Waals surface area (Å²) in [6.07, 6.45) is 0.0441. The molecule has 1 aromatic rings. The van der Waals surface area contributed by atoms with Crippen molar-refractivity contribution in [2.24, 2.45) is 0 Å². The van der Waals surface area contributed by atoms with Crippen LogP contribution in [0.15, 0.2) is 18.2 Å². The molecule has 0 bridgehead atoms. The summed E-state index contributed by atoms with van der Waals surface area (Å²) in [5.74, 6) is -1.90. The average Bonchev–Trinajstić information content (AvgIpc) is 2.91. The minimum absolute atomic E-state index is 0.0441. The molecular formula is C9H8F2O2. The Morgan fingerprint density at radius 2 is 2.23 bits per heavy atom.